The Morgan fingerprint density at radius 2 is 1.31 bits per heavy atom. The van der Waals surface area contributed by atoms with Gasteiger partial charge in [-0.25, -0.2) is 0 Å². The van der Waals surface area contributed by atoms with Gasteiger partial charge in [0.1, 0.15) is 6.07 Å². The molecule has 0 fully saturated rings. The summed E-state index contributed by atoms with van der Waals surface area (Å²) in [6.45, 7) is 0. The van der Waals surface area contributed by atoms with Crippen molar-refractivity contribution in [2.24, 2.45) is 0 Å². The molecule has 5 heteroatoms. The van der Waals surface area contributed by atoms with E-state index in [0.29, 0.717) is 22.5 Å². The number of nitrogens with zero attached hydrogens (tertiary/aromatic N) is 1. The lowest BCUT2D eigenvalue weighted by atomic mass is 10.1. The van der Waals surface area contributed by atoms with Gasteiger partial charge in [0.15, 0.2) is 0 Å². The van der Waals surface area contributed by atoms with Crippen molar-refractivity contribution in [3.63, 3.8) is 0 Å². The zero-order chi connectivity index (χ0) is 11.9. The van der Waals surface area contributed by atoms with Gasteiger partial charge in [0.2, 0.25) is 0 Å². The Hall–Kier alpha value is -2.61. The van der Waals surface area contributed by atoms with Crippen LogP contribution in [0.4, 0.5) is 22.7 Å². The van der Waals surface area contributed by atoms with Crippen LogP contribution >= 0.6 is 0 Å². The normalized spacial score (nSPS) is 10.2. The molecule has 0 amide bonds. The first-order chi connectivity index (χ1) is 7.57. The summed E-state index contributed by atoms with van der Waals surface area (Å²) in [5.41, 5.74) is 26.2. The van der Waals surface area contributed by atoms with Crippen molar-refractivity contribution in [3.05, 3.63) is 23.8 Å². The predicted octanol–water partition coefficient (Wildman–Crippen LogP) is 0.992. The maximum Gasteiger partial charge on any atom is 0.104 e. The summed E-state index contributed by atoms with van der Waals surface area (Å²) in [6, 6.07) is 7.03. The number of hydrogen-bond donors (Lipinski definition) is 4. The molecule has 8 N–H and O–H groups in total. The van der Waals surface area contributed by atoms with Crippen LogP contribution in [0.5, 0.6) is 0 Å². The van der Waals surface area contributed by atoms with Crippen molar-refractivity contribution in [1.29, 1.82) is 5.26 Å². The molecular weight excluding hydrogens is 202 g/mol. The molecule has 5 nitrogen and oxygen atoms in total. The van der Waals surface area contributed by atoms with Gasteiger partial charge in [-0.1, -0.05) is 6.07 Å². The molecular formula is C11H11N5. The second-order valence-electron chi connectivity index (χ2n) is 3.50. The number of fused-ring (bicyclic) bond motifs is 1. The minimum absolute atomic E-state index is 0.236. The lowest BCUT2D eigenvalue weighted by molar-refractivity contribution is 1.51. The first kappa shape index (κ1) is 9.93. The summed E-state index contributed by atoms with van der Waals surface area (Å²) in [5, 5.41) is 8.95. The quantitative estimate of drug-likeness (QED) is 0.518. The third-order valence-corrected chi connectivity index (χ3v) is 2.57. The van der Waals surface area contributed by atoms with Crippen LogP contribution in [0.1, 0.15) is 5.56 Å². The smallest absolute Gasteiger partial charge is 0.104 e. The first-order valence-electron chi connectivity index (χ1n) is 4.62. The van der Waals surface area contributed by atoms with Gasteiger partial charge < -0.3 is 22.9 Å². The SMILES string of the molecule is N#Cc1c(N)c2c(N)cccc(N)c-2c1N. The summed E-state index contributed by atoms with van der Waals surface area (Å²) in [4.78, 5) is 0. The maximum absolute atomic E-state index is 8.95. The summed E-state index contributed by atoms with van der Waals surface area (Å²) in [6.07, 6.45) is 0. The Morgan fingerprint density at radius 1 is 0.875 bits per heavy atom. The van der Waals surface area contributed by atoms with Crippen LogP contribution in [0.2, 0.25) is 0 Å². The predicted molar refractivity (Wildman–Crippen MR) is 65.4 cm³/mol. The first-order valence-corrected chi connectivity index (χ1v) is 4.62. The van der Waals surface area contributed by atoms with Crippen LogP contribution in [0.25, 0.3) is 11.1 Å². The van der Waals surface area contributed by atoms with Crippen molar-refractivity contribution < 1.29 is 0 Å². The highest BCUT2D eigenvalue weighted by Gasteiger charge is 2.23. The monoisotopic (exact) mass is 213 g/mol. The molecule has 0 aromatic rings. The van der Waals surface area contributed by atoms with Gasteiger partial charge in [0, 0.05) is 22.5 Å². The molecule has 80 valence electrons. The molecule has 2 aliphatic carbocycles. The topological polar surface area (TPSA) is 128 Å². The summed E-state index contributed by atoms with van der Waals surface area (Å²) < 4.78 is 0. The lowest BCUT2D eigenvalue weighted by Gasteiger charge is -2.02. The van der Waals surface area contributed by atoms with Crippen molar-refractivity contribution in [2.75, 3.05) is 22.9 Å². The zero-order valence-electron chi connectivity index (χ0n) is 8.49. The molecule has 0 unspecified atom stereocenters. The van der Waals surface area contributed by atoms with Gasteiger partial charge >= 0.3 is 0 Å². The average Bonchev–Trinajstić information content (AvgIpc) is 2.38. The van der Waals surface area contributed by atoms with E-state index in [-0.39, 0.29) is 16.9 Å². The summed E-state index contributed by atoms with van der Waals surface area (Å²) >= 11 is 0. The number of anilines is 4. The van der Waals surface area contributed by atoms with E-state index >= 15 is 0 Å². The standard InChI is InChI=1S/C11H11N5/c12-4-5-10(15)8-6(13)2-1-3-7(14)9(8)11(5)16/h1-3H,13-16H2. The Kier molecular flexibility index (Phi) is 1.99. The maximum atomic E-state index is 8.95. The fourth-order valence-electron chi connectivity index (χ4n) is 1.81. The highest BCUT2D eigenvalue weighted by Crippen LogP contribution is 2.46. The van der Waals surface area contributed by atoms with Gasteiger partial charge in [-0.15, -0.1) is 0 Å². The highest BCUT2D eigenvalue weighted by atomic mass is 14.7. The van der Waals surface area contributed by atoms with E-state index in [1.165, 1.54) is 0 Å². The minimum atomic E-state index is 0.236. The Balaban J connectivity index is 3.02. The van der Waals surface area contributed by atoms with Crippen LogP contribution in [-0.2, 0) is 0 Å². The Bertz CT molecular complexity index is 540. The Morgan fingerprint density at radius 3 is 1.69 bits per heavy atom. The van der Waals surface area contributed by atoms with Crippen molar-refractivity contribution in [2.45, 2.75) is 0 Å². The summed E-state index contributed by atoms with van der Waals surface area (Å²) in [7, 11) is 0. The number of hydrogen-bond acceptors (Lipinski definition) is 5. The van der Waals surface area contributed by atoms with Crippen molar-refractivity contribution in [3.8, 4) is 17.2 Å². The molecule has 0 aliphatic heterocycles. The van der Waals surface area contributed by atoms with Gasteiger partial charge in [-0.05, 0) is 12.1 Å². The minimum Gasteiger partial charge on any atom is -0.398 e. The van der Waals surface area contributed by atoms with E-state index in [2.05, 4.69) is 0 Å². The fourth-order valence-corrected chi connectivity index (χ4v) is 1.81. The van der Waals surface area contributed by atoms with Crippen LogP contribution in [-0.4, -0.2) is 0 Å². The second-order valence-corrected chi connectivity index (χ2v) is 3.50. The lowest BCUT2D eigenvalue weighted by Crippen LogP contribution is -1.93. The molecule has 0 atom stereocenters. The molecule has 0 aromatic carbocycles. The van der Waals surface area contributed by atoms with Gasteiger partial charge in [0.05, 0.1) is 16.9 Å². The zero-order valence-corrected chi connectivity index (χ0v) is 8.49. The number of nitriles is 1. The van der Waals surface area contributed by atoms with E-state index in [1.54, 1.807) is 18.2 Å². The van der Waals surface area contributed by atoms with Crippen molar-refractivity contribution in [1.82, 2.24) is 0 Å². The van der Waals surface area contributed by atoms with Gasteiger partial charge in [-0.3, -0.25) is 0 Å². The number of rotatable bonds is 0. The third-order valence-electron chi connectivity index (χ3n) is 2.57. The molecule has 0 heterocycles. The second kappa shape index (κ2) is 3.21. The largest absolute Gasteiger partial charge is 0.398 e. The fraction of sp³-hybridized carbons (Fsp3) is 0. The van der Waals surface area contributed by atoms with Crippen LogP contribution in [0, 0.1) is 11.3 Å². The third kappa shape index (κ3) is 1.10. The van der Waals surface area contributed by atoms with E-state index in [4.69, 9.17) is 28.2 Å². The van der Waals surface area contributed by atoms with E-state index in [0.717, 1.165) is 0 Å². The Labute approximate surface area is 92.6 Å². The summed E-state index contributed by atoms with van der Waals surface area (Å²) in [5.74, 6) is 0. The van der Waals surface area contributed by atoms with Crippen LogP contribution in [0.15, 0.2) is 18.2 Å². The molecule has 0 spiro atoms. The van der Waals surface area contributed by atoms with Gasteiger partial charge in [-0.2, -0.15) is 5.26 Å². The molecule has 2 aliphatic rings. The van der Waals surface area contributed by atoms with Crippen molar-refractivity contribution >= 4 is 22.7 Å². The molecule has 16 heavy (non-hydrogen) atoms. The number of nitrogen functional groups attached to an aromatic ring is 4. The van der Waals surface area contributed by atoms with E-state index < -0.39 is 0 Å². The number of nitrogens with two attached hydrogens (primary N) is 4. The van der Waals surface area contributed by atoms with Crippen LogP contribution < -0.4 is 22.9 Å². The molecule has 0 radical (unpaired) electrons. The molecule has 0 saturated heterocycles. The van der Waals surface area contributed by atoms with E-state index in [1.807, 2.05) is 6.07 Å². The molecule has 0 saturated carbocycles. The van der Waals surface area contributed by atoms with Gasteiger partial charge in [0.25, 0.3) is 0 Å². The highest BCUT2D eigenvalue weighted by molar-refractivity contribution is 6.05. The molecule has 0 aromatic heterocycles. The van der Waals surface area contributed by atoms with E-state index in [9.17, 15) is 0 Å². The molecule has 0 bridgehead atoms. The average molecular weight is 213 g/mol. The van der Waals surface area contributed by atoms with Crippen LogP contribution in [0.3, 0.4) is 0 Å². The molecule has 2 rings (SSSR count).